The lowest BCUT2D eigenvalue weighted by Gasteiger charge is -2.11. The number of amides is 3. The highest BCUT2D eigenvalue weighted by molar-refractivity contribution is 6.37. The van der Waals surface area contributed by atoms with Crippen molar-refractivity contribution >= 4 is 69.8 Å². The Bertz CT molecular complexity index is 1180. The van der Waals surface area contributed by atoms with Gasteiger partial charge in [-0.15, -0.1) is 0 Å². The van der Waals surface area contributed by atoms with Crippen LogP contribution in [-0.4, -0.2) is 17.7 Å². The predicted octanol–water partition coefficient (Wildman–Crippen LogP) is 5.63. The van der Waals surface area contributed by atoms with Crippen LogP contribution >= 0.6 is 46.4 Å². The standard InChI is InChI=1S/C21H13Cl4N3O3/c22-12-4-6-15(17(24)9-12)20(30)26-14-3-1-2-11(8-14)19(29)27-28-21(31)16-7-5-13(23)10-18(16)25/h1-10H,(H,26,30)(H,27,29)(H,28,31). The summed E-state index contributed by atoms with van der Waals surface area (Å²) in [6.45, 7) is 0. The van der Waals surface area contributed by atoms with Crippen LogP contribution in [0.5, 0.6) is 0 Å². The predicted molar refractivity (Wildman–Crippen MR) is 122 cm³/mol. The van der Waals surface area contributed by atoms with Gasteiger partial charge in [0.15, 0.2) is 0 Å². The minimum absolute atomic E-state index is 0.143. The molecule has 0 unspecified atom stereocenters. The van der Waals surface area contributed by atoms with Crippen molar-refractivity contribution in [2.45, 2.75) is 0 Å². The van der Waals surface area contributed by atoms with Crippen LogP contribution in [0.2, 0.25) is 20.1 Å². The van der Waals surface area contributed by atoms with Crippen LogP contribution in [0, 0.1) is 0 Å². The second-order valence-corrected chi connectivity index (χ2v) is 7.88. The minimum atomic E-state index is -0.614. The van der Waals surface area contributed by atoms with E-state index in [1.54, 1.807) is 18.2 Å². The largest absolute Gasteiger partial charge is 0.322 e. The molecular formula is C21H13Cl4N3O3. The molecule has 0 radical (unpaired) electrons. The first-order valence-electron chi connectivity index (χ1n) is 8.67. The van der Waals surface area contributed by atoms with Gasteiger partial charge >= 0.3 is 0 Å². The highest BCUT2D eigenvalue weighted by Crippen LogP contribution is 2.23. The van der Waals surface area contributed by atoms with Gasteiger partial charge in [0.1, 0.15) is 0 Å². The fourth-order valence-electron chi connectivity index (χ4n) is 2.54. The Morgan fingerprint density at radius 2 is 1.16 bits per heavy atom. The molecule has 0 atom stereocenters. The van der Waals surface area contributed by atoms with Gasteiger partial charge in [0.2, 0.25) is 0 Å². The highest BCUT2D eigenvalue weighted by Gasteiger charge is 2.14. The van der Waals surface area contributed by atoms with Gasteiger partial charge in [-0.25, -0.2) is 0 Å². The summed E-state index contributed by atoms with van der Waals surface area (Å²) in [6.07, 6.45) is 0. The van der Waals surface area contributed by atoms with Gasteiger partial charge in [-0.3, -0.25) is 25.2 Å². The second kappa shape index (κ2) is 10.0. The number of halogens is 4. The molecule has 0 heterocycles. The van der Waals surface area contributed by atoms with Crippen molar-refractivity contribution in [1.82, 2.24) is 10.9 Å². The first-order valence-corrected chi connectivity index (χ1v) is 10.2. The molecule has 0 fully saturated rings. The lowest BCUT2D eigenvalue weighted by molar-refractivity contribution is 0.0847. The van der Waals surface area contributed by atoms with Gasteiger partial charge in [0, 0.05) is 21.3 Å². The average molecular weight is 497 g/mol. The zero-order valence-corrected chi connectivity index (χ0v) is 18.5. The van der Waals surface area contributed by atoms with Crippen LogP contribution < -0.4 is 16.2 Å². The van der Waals surface area contributed by atoms with Crippen molar-refractivity contribution in [2.75, 3.05) is 5.32 Å². The van der Waals surface area contributed by atoms with E-state index >= 15 is 0 Å². The van der Waals surface area contributed by atoms with E-state index in [1.165, 1.54) is 42.5 Å². The van der Waals surface area contributed by atoms with Crippen LogP contribution in [0.15, 0.2) is 60.7 Å². The van der Waals surface area contributed by atoms with Crippen molar-refractivity contribution < 1.29 is 14.4 Å². The molecule has 3 amide bonds. The Labute approximate surface area is 197 Å². The van der Waals surface area contributed by atoms with Gasteiger partial charge in [0.25, 0.3) is 17.7 Å². The maximum atomic E-state index is 12.4. The third-order valence-corrected chi connectivity index (χ3v) is 5.12. The zero-order chi connectivity index (χ0) is 22.5. The molecule has 6 nitrogen and oxygen atoms in total. The monoisotopic (exact) mass is 495 g/mol. The molecule has 158 valence electrons. The molecule has 3 aromatic rings. The molecule has 0 aliphatic carbocycles. The third kappa shape index (κ3) is 5.89. The SMILES string of the molecule is O=C(NNC(=O)c1ccc(Cl)cc1Cl)c1cccc(NC(=O)c2ccc(Cl)cc2Cl)c1. The molecule has 0 saturated heterocycles. The number of hydrogen-bond acceptors (Lipinski definition) is 3. The molecule has 0 bridgehead atoms. The Kier molecular flexibility index (Phi) is 7.41. The summed E-state index contributed by atoms with van der Waals surface area (Å²) in [5.41, 5.74) is 5.49. The number of hydrogen-bond donors (Lipinski definition) is 3. The van der Waals surface area contributed by atoms with Gasteiger partial charge in [-0.05, 0) is 54.6 Å². The number of carbonyl (C=O) groups is 3. The summed E-state index contributed by atoms with van der Waals surface area (Å²) in [7, 11) is 0. The molecule has 0 saturated carbocycles. The number of carbonyl (C=O) groups excluding carboxylic acids is 3. The quantitative estimate of drug-likeness (QED) is 0.409. The molecule has 3 N–H and O–H groups in total. The van der Waals surface area contributed by atoms with Gasteiger partial charge < -0.3 is 5.32 Å². The van der Waals surface area contributed by atoms with E-state index in [1.807, 2.05) is 0 Å². The fraction of sp³-hybridized carbons (Fsp3) is 0. The summed E-state index contributed by atoms with van der Waals surface area (Å²) >= 11 is 23.7. The summed E-state index contributed by atoms with van der Waals surface area (Å²) in [4.78, 5) is 37.0. The Hall–Kier alpha value is -2.77. The van der Waals surface area contributed by atoms with E-state index in [9.17, 15) is 14.4 Å². The number of benzene rings is 3. The number of rotatable bonds is 4. The summed E-state index contributed by atoms with van der Waals surface area (Å²) < 4.78 is 0. The van der Waals surface area contributed by atoms with Gasteiger partial charge in [0.05, 0.1) is 21.2 Å². The van der Waals surface area contributed by atoms with Gasteiger partial charge in [-0.1, -0.05) is 52.5 Å². The lowest BCUT2D eigenvalue weighted by Crippen LogP contribution is -2.41. The van der Waals surface area contributed by atoms with Crippen molar-refractivity contribution in [3.05, 3.63) is 97.4 Å². The molecule has 10 heteroatoms. The fourth-order valence-corrected chi connectivity index (χ4v) is 3.53. The molecule has 3 rings (SSSR count). The van der Waals surface area contributed by atoms with Gasteiger partial charge in [-0.2, -0.15) is 0 Å². The van der Waals surface area contributed by atoms with Crippen LogP contribution in [0.4, 0.5) is 5.69 Å². The first kappa shape index (κ1) is 22.9. The Balaban J connectivity index is 1.65. The number of hydrazine groups is 1. The van der Waals surface area contributed by atoms with Crippen molar-refractivity contribution in [3.8, 4) is 0 Å². The molecule has 3 aromatic carbocycles. The molecule has 31 heavy (non-hydrogen) atoms. The van der Waals surface area contributed by atoms with E-state index in [2.05, 4.69) is 16.2 Å². The maximum Gasteiger partial charge on any atom is 0.271 e. The van der Waals surface area contributed by atoms with E-state index < -0.39 is 17.7 Å². The molecule has 0 aromatic heterocycles. The van der Waals surface area contributed by atoms with Crippen molar-refractivity contribution in [1.29, 1.82) is 0 Å². The highest BCUT2D eigenvalue weighted by atomic mass is 35.5. The topological polar surface area (TPSA) is 87.3 Å². The smallest absolute Gasteiger partial charge is 0.271 e. The number of anilines is 1. The van der Waals surface area contributed by atoms with E-state index in [0.717, 1.165) is 0 Å². The average Bonchev–Trinajstić information content (AvgIpc) is 2.71. The zero-order valence-electron chi connectivity index (χ0n) is 15.5. The summed E-state index contributed by atoms with van der Waals surface area (Å²) in [5, 5.41) is 3.78. The normalized spacial score (nSPS) is 10.3. The maximum absolute atomic E-state index is 12.4. The first-order chi connectivity index (χ1) is 14.7. The van der Waals surface area contributed by atoms with Crippen molar-refractivity contribution in [3.63, 3.8) is 0 Å². The van der Waals surface area contributed by atoms with Crippen molar-refractivity contribution in [2.24, 2.45) is 0 Å². The van der Waals surface area contributed by atoms with E-state index in [4.69, 9.17) is 46.4 Å². The van der Waals surface area contributed by atoms with Crippen LogP contribution in [0.25, 0.3) is 0 Å². The molecule has 0 spiro atoms. The lowest BCUT2D eigenvalue weighted by atomic mass is 10.1. The Morgan fingerprint density at radius 3 is 1.74 bits per heavy atom. The molecular weight excluding hydrogens is 484 g/mol. The van der Waals surface area contributed by atoms with E-state index in [0.29, 0.717) is 15.7 Å². The second-order valence-electron chi connectivity index (χ2n) is 6.19. The van der Waals surface area contributed by atoms with Crippen LogP contribution in [-0.2, 0) is 0 Å². The molecule has 0 aliphatic rings. The van der Waals surface area contributed by atoms with Crippen LogP contribution in [0.1, 0.15) is 31.1 Å². The van der Waals surface area contributed by atoms with E-state index in [-0.39, 0.29) is 26.7 Å². The summed E-state index contributed by atoms with van der Waals surface area (Å²) in [6, 6.07) is 15.0. The minimum Gasteiger partial charge on any atom is -0.322 e. The molecule has 0 aliphatic heterocycles. The number of nitrogens with one attached hydrogen (secondary N) is 3. The Morgan fingerprint density at radius 1 is 0.613 bits per heavy atom. The summed E-state index contributed by atoms with van der Waals surface area (Å²) in [5.74, 6) is -1.68. The third-order valence-electron chi connectivity index (χ3n) is 4.02. The van der Waals surface area contributed by atoms with Crippen LogP contribution in [0.3, 0.4) is 0 Å².